The quantitative estimate of drug-likeness (QED) is 0.695. The van der Waals surface area contributed by atoms with Crippen molar-refractivity contribution < 1.29 is 22.7 Å². The number of hydrogen-bond donors (Lipinski definition) is 0. The van der Waals surface area contributed by atoms with Crippen molar-refractivity contribution >= 4 is 21.5 Å². The van der Waals surface area contributed by atoms with Gasteiger partial charge in [0, 0.05) is 19.3 Å². The van der Waals surface area contributed by atoms with Crippen LogP contribution < -0.4 is 4.74 Å². The summed E-state index contributed by atoms with van der Waals surface area (Å²) < 4.78 is 34.1. The van der Waals surface area contributed by atoms with Gasteiger partial charge in [0.25, 0.3) is 0 Å². The van der Waals surface area contributed by atoms with E-state index >= 15 is 0 Å². The van der Waals surface area contributed by atoms with Crippen LogP contribution in [0.4, 0.5) is 4.79 Å². The molecule has 2 aromatic rings. The zero-order valence-corrected chi connectivity index (χ0v) is 19.0. The van der Waals surface area contributed by atoms with Crippen LogP contribution in [-0.2, 0) is 21.2 Å². The van der Waals surface area contributed by atoms with Crippen molar-refractivity contribution in [2.45, 2.75) is 44.3 Å². The third kappa shape index (κ3) is 6.52. The number of nitrogens with zero attached hydrogens (tertiary/aromatic N) is 3. The molecule has 0 spiro atoms. The van der Waals surface area contributed by atoms with Gasteiger partial charge in [-0.2, -0.15) is 0 Å². The third-order valence-corrected chi connectivity index (χ3v) is 5.66. The number of rotatable bonds is 5. The second-order valence-corrected chi connectivity index (χ2v) is 10.3. The van der Waals surface area contributed by atoms with Crippen molar-refractivity contribution in [2.75, 3.05) is 19.3 Å². The number of sulfone groups is 1. The smallest absolute Gasteiger partial charge is 0.410 e. The van der Waals surface area contributed by atoms with Crippen molar-refractivity contribution in [1.29, 1.82) is 0 Å². The molecule has 0 radical (unpaired) electrons. The average Bonchev–Trinajstić information content (AvgIpc) is 2.71. The number of ether oxygens (including phenoxy) is 2. The van der Waals surface area contributed by atoms with Crippen LogP contribution in [0, 0.1) is 0 Å². The molecule has 1 aliphatic rings. The number of aromatic nitrogens is 2. The number of amides is 1. The lowest BCUT2D eigenvalue weighted by Crippen LogP contribution is -2.39. The van der Waals surface area contributed by atoms with Crippen LogP contribution in [0.1, 0.15) is 38.6 Å². The zero-order valence-electron chi connectivity index (χ0n) is 18.2. The van der Waals surface area contributed by atoms with Gasteiger partial charge in [0.2, 0.25) is 0 Å². The SMILES string of the molecule is CC(C)(C)OC(=O)N1CC=C(c2cnc(COc3ccc(S(C)(=O)=O)cc3)cn2)CC1. The number of carbonyl (C=O) groups is 1. The van der Waals surface area contributed by atoms with E-state index in [-0.39, 0.29) is 17.6 Å². The fraction of sp³-hybridized carbons (Fsp3) is 0.409. The highest BCUT2D eigenvalue weighted by molar-refractivity contribution is 7.90. The van der Waals surface area contributed by atoms with E-state index in [1.807, 2.05) is 26.8 Å². The number of hydrogen-bond acceptors (Lipinski definition) is 7. The topological polar surface area (TPSA) is 98.7 Å². The molecule has 1 aromatic heterocycles. The lowest BCUT2D eigenvalue weighted by Gasteiger charge is -2.29. The summed E-state index contributed by atoms with van der Waals surface area (Å²) in [7, 11) is -3.23. The Morgan fingerprint density at radius 2 is 1.84 bits per heavy atom. The molecule has 0 N–H and O–H groups in total. The summed E-state index contributed by atoms with van der Waals surface area (Å²) in [5.41, 5.74) is 1.95. The summed E-state index contributed by atoms with van der Waals surface area (Å²) in [5.74, 6) is 0.551. The first-order chi connectivity index (χ1) is 14.5. The van der Waals surface area contributed by atoms with E-state index in [2.05, 4.69) is 9.97 Å². The molecule has 1 amide bonds. The van der Waals surface area contributed by atoms with Gasteiger partial charge in [-0.05, 0) is 57.0 Å². The summed E-state index contributed by atoms with van der Waals surface area (Å²) >= 11 is 0. The highest BCUT2D eigenvalue weighted by Crippen LogP contribution is 2.22. The lowest BCUT2D eigenvalue weighted by atomic mass is 10.1. The van der Waals surface area contributed by atoms with Gasteiger partial charge in [-0.25, -0.2) is 13.2 Å². The Balaban J connectivity index is 1.55. The van der Waals surface area contributed by atoms with Crippen LogP contribution in [0.3, 0.4) is 0 Å². The van der Waals surface area contributed by atoms with Crippen molar-refractivity contribution in [3.8, 4) is 5.75 Å². The van der Waals surface area contributed by atoms with Gasteiger partial charge >= 0.3 is 6.09 Å². The fourth-order valence-corrected chi connectivity index (χ4v) is 3.56. The maximum atomic E-state index is 12.2. The van der Waals surface area contributed by atoms with E-state index in [0.29, 0.717) is 31.0 Å². The first kappa shape index (κ1) is 22.7. The van der Waals surface area contributed by atoms with Gasteiger partial charge in [0.15, 0.2) is 9.84 Å². The molecule has 3 rings (SSSR count). The minimum absolute atomic E-state index is 0.219. The van der Waals surface area contributed by atoms with Crippen LogP contribution in [0.25, 0.3) is 5.57 Å². The lowest BCUT2D eigenvalue weighted by molar-refractivity contribution is 0.0270. The van der Waals surface area contributed by atoms with E-state index in [9.17, 15) is 13.2 Å². The predicted molar refractivity (Wildman–Crippen MR) is 116 cm³/mol. The van der Waals surface area contributed by atoms with Crippen LogP contribution in [0.15, 0.2) is 47.6 Å². The van der Waals surface area contributed by atoms with Gasteiger partial charge in [-0.15, -0.1) is 0 Å². The zero-order chi connectivity index (χ0) is 22.6. The monoisotopic (exact) mass is 445 g/mol. The average molecular weight is 446 g/mol. The highest BCUT2D eigenvalue weighted by Gasteiger charge is 2.24. The molecule has 0 fully saturated rings. The highest BCUT2D eigenvalue weighted by atomic mass is 32.2. The summed E-state index contributed by atoms with van der Waals surface area (Å²) in [6.45, 7) is 6.80. The first-order valence-electron chi connectivity index (χ1n) is 9.92. The van der Waals surface area contributed by atoms with Crippen molar-refractivity contribution in [1.82, 2.24) is 14.9 Å². The van der Waals surface area contributed by atoms with E-state index in [1.165, 1.54) is 12.1 Å². The minimum atomic E-state index is -3.23. The van der Waals surface area contributed by atoms with Crippen molar-refractivity contribution in [2.24, 2.45) is 0 Å². The third-order valence-electron chi connectivity index (χ3n) is 4.53. The minimum Gasteiger partial charge on any atom is -0.487 e. The first-order valence-corrected chi connectivity index (χ1v) is 11.8. The molecule has 0 saturated heterocycles. The molecular weight excluding hydrogens is 418 g/mol. The van der Waals surface area contributed by atoms with E-state index < -0.39 is 15.4 Å². The summed E-state index contributed by atoms with van der Waals surface area (Å²) in [6, 6.07) is 6.24. The van der Waals surface area contributed by atoms with E-state index in [0.717, 1.165) is 17.5 Å². The summed E-state index contributed by atoms with van der Waals surface area (Å²) in [6.07, 6.45) is 6.84. The predicted octanol–water partition coefficient (Wildman–Crippen LogP) is 3.48. The van der Waals surface area contributed by atoms with Gasteiger partial charge < -0.3 is 14.4 Å². The van der Waals surface area contributed by atoms with E-state index in [4.69, 9.17) is 9.47 Å². The second-order valence-electron chi connectivity index (χ2n) is 8.33. The molecule has 0 unspecified atom stereocenters. The Morgan fingerprint density at radius 1 is 1.13 bits per heavy atom. The van der Waals surface area contributed by atoms with Crippen molar-refractivity contribution in [3.63, 3.8) is 0 Å². The Morgan fingerprint density at radius 3 is 2.35 bits per heavy atom. The Kier molecular flexibility index (Phi) is 6.64. The second kappa shape index (κ2) is 9.05. The number of benzene rings is 1. The fourth-order valence-electron chi connectivity index (χ4n) is 2.93. The molecule has 0 saturated carbocycles. The van der Waals surface area contributed by atoms with Crippen LogP contribution in [0.2, 0.25) is 0 Å². The van der Waals surface area contributed by atoms with E-state index in [1.54, 1.807) is 29.4 Å². The molecule has 0 aliphatic carbocycles. The van der Waals surface area contributed by atoms with Crippen LogP contribution >= 0.6 is 0 Å². The van der Waals surface area contributed by atoms with Crippen molar-refractivity contribution in [3.05, 3.63) is 54.1 Å². The molecule has 31 heavy (non-hydrogen) atoms. The summed E-state index contributed by atoms with van der Waals surface area (Å²) in [5, 5.41) is 0. The van der Waals surface area contributed by atoms with Gasteiger partial charge in [0.1, 0.15) is 18.0 Å². The molecule has 2 heterocycles. The molecule has 8 nitrogen and oxygen atoms in total. The maximum absolute atomic E-state index is 12.2. The molecule has 9 heteroatoms. The molecule has 0 bridgehead atoms. The van der Waals surface area contributed by atoms with Gasteiger partial charge in [-0.3, -0.25) is 9.97 Å². The van der Waals surface area contributed by atoms with Crippen LogP contribution in [-0.4, -0.2) is 54.3 Å². The van der Waals surface area contributed by atoms with Gasteiger partial charge in [-0.1, -0.05) is 6.08 Å². The molecule has 1 aromatic carbocycles. The Hall–Kier alpha value is -2.94. The molecule has 166 valence electrons. The maximum Gasteiger partial charge on any atom is 0.410 e. The Bertz CT molecular complexity index is 1060. The molecule has 0 atom stereocenters. The summed E-state index contributed by atoms with van der Waals surface area (Å²) in [4.78, 5) is 22.9. The standard InChI is InChI=1S/C22H27N3O5S/c1-22(2,3)30-21(26)25-11-9-16(10-12-25)20-14-23-17(13-24-20)15-29-18-5-7-19(8-6-18)31(4,27)28/h5-9,13-14H,10-12,15H2,1-4H3. The molecule has 1 aliphatic heterocycles. The normalized spacial score (nSPS) is 14.7. The van der Waals surface area contributed by atoms with Gasteiger partial charge in [0.05, 0.1) is 28.7 Å². The number of carbonyl (C=O) groups excluding carboxylic acids is 1. The molecular formula is C22H27N3O5S. The largest absolute Gasteiger partial charge is 0.487 e. The van der Waals surface area contributed by atoms with Crippen LogP contribution in [0.5, 0.6) is 5.75 Å². The Labute approximate surface area is 182 Å².